The molecule has 0 aliphatic carbocycles. The summed E-state index contributed by atoms with van der Waals surface area (Å²) in [6.07, 6.45) is 2.97. The van der Waals surface area contributed by atoms with Crippen molar-refractivity contribution >= 4 is 17.5 Å². The van der Waals surface area contributed by atoms with Gasteiger partial charge in [-0.25, -0.2) is 4.98 Å². The molecule has 0 aliphatic heterocycles. The van der Waals surface area contributed by atoms with Crippen molar-refractivity contribution in [2.45, 2.75) is 46.1 Å². The van der Waals surface area contributed by atoms with Crippen molar-refractivity contribution in [1.82, 2.24) is 9.97 Å². The van der Waals surface area contributed by atoms with E-state index in [0.29, 0.717) is 5.95 Å². The Morgan fingerprint density at radius 1 is 1.08 bits per heavy atom. The highest BCUT2D eigenvalue weighted by atomic mass is 16.5. The summed E-state index contributed by atoms with van der Waals surface area (Å²) < 4.78 is 5.65. The number of nitrogens with zero attached hydrogens (tertiary/aromatic N) is 2. The number of aromatic nitrogens is 2. The molecule has 1 heterocycles. The molecule has 0 saturated carbocycles. The third kappa shape index (κ3) is 6.97. The Bertz CT molecular complexity index is 644. The molecule has 6 nitrogen and oxygen atoms in total. The van der Waals surface area contributed by atoms with Gasteiger partial charge in [0.05, 0.1) is 6.10 Å². The lowest BCUT2D eigenvalue weighted by Gasteiger charge is -2.12. The van der Waals surface area contributed by atoms with E-state index in [2.05, 4.69) is 20.6 Å². The second-order valence-electron chi connectivity index (χ2n) is 6.25. The summed E-state index contributed by atoms with van der Waals surface area (Å²) in [5.41, 5.74) is 1.85. The molecule has 0 radical (unpaired) electrons. The first-order valence-corrected chi connectivity index (χ1v) is 8.81. The average molecular weight is 344 g/mol. The number of aliphatic hydroxyl groups excluding tert-OH is 1. The van der Waals surface area contributed by atoms with Crippen molar-refractivity contribution in [2.24, 2.45) is 0 Å². The minimum Gasteiger partial charge on any atom is -0.491 e. The summed E-state index contributed by atoms with van der Waals surface area (Å²) in [5, 5.41) is 15.3. The van der Waals surface area contributed by atoms with E-state index < -0.39 is 0 Å². The third-order valence-electron chi connectivity index (χ3n) is 3.47. The fraction of sp³-hybridized carbons (Fsp3) is 0.474. The summed E-state index contributed by atoms with van der Waals surface area (Å²) in [6, 6.07) is 9.73. The third-order valence-corrected chi connectivity index (χ3v) is 3.47. The molecule has 1 aromatic heterocycles. The zero-order valence-corrected chi connectivity index (χ0v) is 15.2. The average Bonchev–Trinajstić information content (AvgIpc) is 2.55. The molecule has 136 valence electrons. The first-order chi connectivity index (χ1) is 12.1. The Hall–Kier alpha value is -2.34. The molecular formula is C19H28N4O2. The van der Waals surface area contributed by atoms with Crippen molar-refractivity contribution in [3.8, 4) is 5.75 Å². The van der Waals surface area contributed by atoms with E-state index in [1.54, 1.807) is 0 Å². The maximum Gasteiger partial charge on any atom is 0.224 e. The van der Waals surface area contributed by atoms with Gasteiger partial charge in [0.2, 0.25) is 5.95 Å². The van der Waals surface area contributed by atoms with Gasteiger partial charge in [0.1, 0.15) is 11.6 Å². The lowest BCUT2D eigenvalue weighted by atomic mass is 10.2. The van der Waals surface area contributed by atoms with E-state index in [1.165, 1.54) is 0 Å². The smallest absolute Gasteiger partial charge is 0.224 e. The normalized spacial score (nSPS) is 10.8. The minimum atomic E-state index is 0.161. The number of hydrogen-bond donors (Lipinski definition) is 3. The predicted molar refractivity (Wildman–Crippen MR) is 102 cm³/mol. The van der Waals surface area contributed by atoms with E-state index in [9.17, 15) is 0 Å². The van der Waals surface area contributed by atoms with E-state index in [0.717, 1.165) is 48.8 Å². The van der Waals surface area contributed by atoms with Crippen LogP contribution in [0.2, 0.25) is 0 Å². The zero-order valence-electron chi connectivity index (χ0n) is 15.2. The first kappa shape index (κ1) is 19.0. The van der Waals surface area contributed by atoms with Gasteiger partial charge in [-0.15, -0.1) is 0 Å². The number of unbranched alkanes of at least 4 members (excludes halogenated alkanes) is 2. The molecule has 0 aliphatic rings. The van der Waals surface area contributed by atoms with Crippen molar-refractivity contribution in [3.05, 3.63) is 36.0 Å². The molecule has 25 heavy (non-hydrogen) atoms. The highest BCUT2D eigenvalue weighted by Crippen LogP contribution is 2.21. The number of hydrogen-bond acceptors (Lipinski definition) is 6. The zero-order chi connectivity index (χ0) is 18.1. The highest BCUT2D eigenvalue weighted by Gasteiger charge is 2.04. The molecule has 0 amide bonds. The molecule has 2 rings (SSSR count). The van der Waals surface area contributed by atoms with Gasteiger partial charge in [-0.05, 0) is 64.3 Å². The fourth-order valence-corrected chi connectivity index (χ4v) is 2.36. The van der Waals surface area contributed by atoms with Crippen LogP contribution in [0.1, 0.15) is 38.8 Å². The summed E-state index contributed by atoms with van der Waals surface area (Å²) >= 11 is 0. The fourth-order valence-electron chi connectivity index (χ4n) is 2.36. The van der Waals surface area contributed by atoms with Gasteiger partial charge >= 0.3 is 0 Å². The molecule has 0 unspecified atom stereocenters. The van der Waals surface area contributed by atoms with Crippen molar-refractivity contribution in [3.63, 3.8) is 0 Å². The second-order valence-corrected chi connectivity index (χ2v) is 6.25. The van der Waals surface area contributed by atoms with Gasteiger partial charge in [0.25, 0.3) is 0 Å². The molecule has 6 heteroatoms. The molecule has 0 atom stereocenters. The number of nitrogens with one attached hydrogen (secondary N) is 2. The first-order valence-electron chi connectivity index (χ1n) is 8.81. The Morgan fingerprint density at radius 3 is 2.52 bits per heavy atom. The number of rotatable bonds is 10. The highest BCUT2D eigenvalue weighted by molar-refractivity contribution is 5.58. The number of aliphatic hydroxyl groups is 1. The molecule has 2 aromatic rings. The van der Waals surface area contributed by atoms with E-state index >= 15 is 0 Å². The van der Waals surface area contributed by atoms with Gasteiger partial charge in [-0.3, -0.25) is 0 Å². The molecular weight excluding hydrogens is 316 g/mol. The van der Waals surface area contributed by atoms with Crippen LogP contribution in [0.3, 0.4) is 0 Å². The van der Waals surface area contributed by atoms with Crippen LogP contribution in [0, 0.1) is 6.92 Å². The van der Waals surface area contributed by atoms with Crippen LogP contribution >= 0.6 is 0 Å². The van der Waals surface area contributed by atoms with Crippen LogP contribution in [0.25, 0.3) is 0 Å². The molecule has 0 bridgehead atoms. The maximum atomic E-state index is 8.79. The summed E-state index contributed by atoms with van der Waals surface area (Å²) in [4.78, 5) is 8.91. The molecule has 1 aromatic carbocycles. The van der Waals surface area contributed by atoms with Crippen LogP contribution in [-0.2, 0) is 0 Å². The number of anilines is 3. The monoisotopic (exact) mass is 344 g/mol. The molecule has 0 fully saturated rings. The van der Waals surface area contributed by atoms with E-state index in [-0.39, 0.29) is 12.7 Å². The number of aryl methyl sites for hydroxylation is 1. The van der Waals surface area contributed by atoms with Gasteiger partial charge in [-0.1, -0.05) is 0 Å². The molecule has 0 saturated heterocycles. The van der Waals surface area contributed by atoms with Gasteiger partial charge in [0.15, 0.2) is 0 Å². The molecule has 3 N–H and O–H groups in total. The van der Waals surface area contributed by atoms with Crippen molar-refractivity contribution < 1.29 is 9.84 Å². The Morgan fingerprint density at radius 2 is 1.84 bits per heavy atom. The minimum absolute atomic E-state index is 0.161. The topological polar surface area (TPSA) is 79.3 Å². The quantitative estimate of drug-likeness (QED) is 0.568. The van der Waals surface area contributed by atoms with Crippen LogP contribution < -0.4 is 15.4 Å². The molecule has 0 spiro atoms. The lowest BCUT2D eigenvalue weighted by molar-refractivity contribution is 0.242. The summed E-state index contributed by atoms with van der Waals surface area (Å²) in [6.45, 7) is 7.01. The van der Waals surface area contributed by atoms with Crippen molar-refractivity contribution in [2.75, 3.05) is 23.8 Å². The SMILES string of the molecule is Cc1cc(Nc2ccc(OC(C)C)cc2)nc(NCCCCCO)n1. The summed E-state index contributed by atoms with van der Waals surface area (Å²) in [7, 11) is 0. The Kier molecular flexibility index (Phi) is 7.47. The van der Waals surface area contributed by atoms with Gasteiger partial charge in [0, 0.05) is 30.6 Å². The summed E-state index contributed by atoms with van der Waals surface area (Å²) in [5.74, 6) is 2.22. The predicted octanol–water partition coefficient (Wildman–Crippen LogP) is 3.89. The van der Waals surface area contributed by atoms with Crippen molar-refractivity contribution in [1.29, 1.82) is 0 Å². The van der Waals surface area contributed by atoms with E-state index in [1.807, 2.05) is 51.1 Å². The van der Waals surface area contributed by atoms with Gasteiger partial charge in [-0.2, -0.15) is 4.98 Å². The van der Waals surface area contributed by atoms with E-state index in [4.69, 9.17) is 9.84 Å². The second kappa shape index (κ2) is 9.84. The van der Waals surface area contributed by atoms with Crippen LogP contribution in [0.15, 0.2) is 30.3 Å². The Balaban J connectivity index is 1.94. The van der Waals surface area contributed by atoms with Crippen LogP contribution in [-0.4, -0.2) is 34.3 Å². The van der Waals surface area contributed by atoms with Crippen LogP contribution in [0.5, 0.6) is 5.75 Å². The maximum absolute atomic E-state index is 8.79. The van der Waals surface area contributed by atoms with Crippen LogP contribution in [0.4, 0.5) is 17.5 Å². The lowest BCUT2D eigenvalue weighted by Crippen LogP contribution is -2.08. The number of ether oxygens (including phenoxy) is 1. The Labute approximate surface area is 149 Å². The largest absolute Gasteiger partial charge is 0.491 e. The standard InChI is InChI=1S/C19H28N4O2/c1-14(2)25-17-9-7-16(8-10-17)22-18-13-15(3)21-19(23-18)20-11-5-4-6-12-24/h7-10,13-14,24H,4-6,11-12H2,1-3H3,(H2,20,21,22,23). The van der Waals surface area contributed by atoms with Gasteiger partial charge < -0.3 is 20.5 Å². The number of benzene rings is 1.